The molecule has 0 bridgehead atoms. The molecule has 17 heavy (non-hydrogen) atoms. The van der Waals surface area contributed by atoms with Crippen LogP contribution >= 0.6 is 0 Å². The average Bonchev–Trinajstić information content (AvgIpc) is 2.23. The van der Waals surface area contributed by atoms with Crippen LogP contribution < -0.4 is 5.73 Å². The summed E-state index contributed by atoms with van der Waals surface area (Å²) in [6.07, 6.45) is 6.59. The summed E-state index contributed by atoms with van der Waals surface area (Å²) in [5.74, 6) is 0.708. The maximum atomic E-state index is 11.7. The van der Waals surface area contributed by atoms with Crippen molar-refractivity contribution in [3.05, 3.63) is 23.8 Å². The number of carbonyl (C=O) groups is 1. The van der Waals surface area contributed by atoms with Crippen LogP contribution in [-0.4, -0.2) is 25.0 Å². The molecule has 2 atom stereocenters. The van der Waals surface area contributed by atoms with Gasteiger partial charge in [-0.25, -0.2) is 0 Å². The number of Topliss-reactive ketones (excluding diaryl/α,β-unsaturated/α-hetero) is 1. The number of nitrogens with two attached hydrogens (primary N) is 1. The molecule has 0 saturated carbocycles. The molecule has 3 heteroatoms. The molecule has 0 fully saturated rings. The monoisotopic (exact) mass is 237 g/mol. The second kappa shape index (κ2) is 6.72. The normalized spacial score (nSPS) is 21.8. The third kappa shape index (κ3) is 4.84. The Morgan fingerprint density at radius 1 is 1.47 bits per heavy atom. The molecule has 0 aromatic heterocycles. The lowest BCUT2D eigenvalue weighted by atomic mass is 9.95. The number of carbonyl (C=O) groups excluding carboxylic acids is 1. The average molecular weight is 237 g/mol. The Labute approximate surface area is 104 Å². The molecule has 96 valence electrons. The van der Waals surface area contributed by atoms with E-state index in [9.17, 15) is 4.79 Å². The summed E-state index contributed by atoms with van der Waals surface area (Å²) in [5.41, 5.74) is 6.66. The largest absolute Gasteiger partial charge is 0.375 e. The van der Waals surface area contributed by atoms with Crippen LogP contribution in [0.1, 0.15) is 27.2 Å². The summed E-state index contributed by atoms with van der Waals surface area (Å²) in [7, 11) is 0. The molecular formula is C14H23NO2. The zero-order chi connectivity index (χ0) is 12.8. The van der Waals surface area contributed by atoms with E-state index in [-0.39, 0.29) is 17.7 Å². The Balaban J connectivity index is 2.29. The summed E-state index contributed by atoms with van der Waals surface area (Å²) >= 11 is 0. The molecule has 0 heterocycles. The van der Waals surface area contributed by atoms with Crippen molar-refractivity contribution in [3.63, 3.8) is 0 Å². The van der Waals surface area contributed by atoms with E-state index in [0.717, 1.165) is 12.0 Å². The van der Waals surface area contributed by atoms with Gasteiger partial charge in [-0.15, -0.1) is 0 Å². The van der Waals surface area contributed by atoms with Crippen LogP contribution in [0.2, 0.25) is 0 Å². The predicted molar refractivity (Wildman–Crippen MR) is 69.6 cm³/mol. The zero-order valence-electron chi connectivity index (χ0n) is 11.0. The smallest absolute Gasteiger partial charge is 0.167 e. The Hall–Kier alpha value is -0.930. The number of allylic oxidation sites excluding steroid dienone is 3. The fraction of sp³-hybridized carbons (Fsp3) is 0.643. The molecule has 0 radical (unpaired) electrons. The van der Waals surface area contributed by atoms with Gasteiger partial charge in [0, 0.05) is 17.5 Å². The van der Waals surface area contributed by atoms with Gasteiger partial charge in [0.15, 0.2) is 5.78 Å². The molecule has 0 amide bonds. The van der Waals surface area contributed by atoms with Gasteiger partial charge >= 0.3 is 0 Å². The van der Waals surface area contributed by atoms with Crippen molar-refractivity contribution in [2.45, 2.75) is 33.2 Å². The first-order chi connectivity index (χ1) is 8.00. The Morgan fingerprint density at radius 2 is 2.18 bits per heavy atom. The van der Waals surface area contributed by atoms with Gasteiger partial charge in [-0.05, 0) is 12.3 Å². The fourth-order valence-electron chi connectivity index (χ4n) is 1.91. The highest BCUT2D eigenvalue weighted by atomic mass is 16.5. The van der Waals surface area contributed by atoms with Crippen molar-refractivity contribution >= 4 is 5.78 Å². The summed E-state index contributed by atoms with van der Waals surface area (Å²) in [4.78, 5) is 11.7. The Morgan fingerprint density at radius 3 is 2.82 bits per heavy atom. The van der Waals surface area contributed by atoms with E-state index >= 15 is 0 Å². The minimum atomic E-state index is -0.0251. The first kappa shape index (κ1) is 14.1. The highest BCUT2D eigenvalue weighted by Gasteiger charge is 2.18. The molecular weight excluding hydrogens is 214 g/mol. The minimum Gasteiger partial charge on any atom is -0.375 e. The lowest BCUT2D eigenvalue weighted by molar-refractivity contribution is -0.118. The van der Waals surface area contributed by atoms with E-state index in [4.69, 9.17) is 10.5 Å². The second-order valence-corrected chi connectivity index (χ2v) is 5.13. The maximum absolute atomic E-state index is 11.7. The number of rotatable bonds is 6. The third-order valence-electron chi connectivity index (χ3n) is 2.79. The van der Waals surface area contributed by atoms with Gasteiger partial charge in [-0.1, -0.05) is 39.0 Å². The van der Waals surface area contributed by atoms with Crippen molar-refractivity contribution in [2.24, 2.45) is 17.6 Å². The lowest BCUT2D eigenvalue weighted by Gasteiger charge is -2.17. The SMILES string of the molecule is CC(C)C[C@H](N)COCC1=CC=C[C@H](C)C1=O. The van der Waals surface area contributed by atoms with Gasteiger partial charge in [-0.2, -0.15) is 0 Å². The number of hydrogen-bond donors (Lipinski definition) is 1. The molecule has 0 spiro atoms. The second-order valence-electron chi connectivity index (χ2n) is 5.13. The van der Waals surface area contributed by atoms with E-state index in [1.54, 1.807) is 0 Å². The molecule has 0 saturated heterocycles. The molecule has 1 aliphatic rings. The van der Waals surface area contributed by atoms with Gasteiger partial charge in [0.05, 0.1) is 13.2 Å². The van der Waals surface area contributed by atoms with Crippen LogP contribution in [0, 0.1) is 11.8 Å². The van der Waals surface area contributed by atoms with Gasteiger partial charge in [0.25, 0.3) is 0 Å². The third-order valence-corrected chi connectivity index (χ3v) is 2.79. The van der Waals surface area contributed by atoms with E-state index in [1.807, 2.05) is 25.2 Å². The van der Waals surface area contributed by atoms with Crippen LogP contribution in [0.3, 0.4) is 0 Å². The number of ether oxygens (including phenoxy) is 1. The first-order valence-corrected chi connectivity index (χ1v) is 6.25. The Kier molecular flexibility index (Phi) is 5.59. The van der Waals surface area contributed by atoms with Crippen LogP contribution in [-0.2, 0) is 9.53 Å². The molecule has 0 aliphatic heterocycles. The molecule has 2 N–H and O–H groups in total. The van der Waals surface area contributed by atoms with Gasteiger partial charge < -0.3 is 10.5 Å². The standard InChI is InChI=1S/C14H23NO2/c1-10(2)7-13(15)9-17-8-12-6-4-5-11(3)14(12)16/h4-6,10-11,13H,7-9,15H2,1-3H3/t11-,13-/m0/s1. The van der Waals surface area contributed by atoms with Crippen LogP contribution in [0.15, 0.2) is 23.8 Å². The van der Waals surface area contributed by atoms with Crippen molar-refractivity contribution < 1.29 is 9.53 Å². The van der Waals surface area contributed by atoms with E-state index < -0.39 is 0 Å². The minimum absolute atomic E-state index is 0.0251. The van der Waals surface area contributed by atoms with E-state index in [1.165, 1.54) is 0 Å². The topological polar surface area (TPSA) is 52.3 Å². The van der Waals surface area contributed by atoms with Crippen LogP contribution in [0.25, 0.3) is 0 Å². The fourth-order valence-corrected chi connectivity index (χ4v) is 1.91. The Bertz CT molecular complexity index is 318. The van der Waals surface area contributed by atoms with Crippen molar-refractivity contribution in [3.8, 4) is 0 Å². The summed E-state index contributed by atoms with van der Waals surface area (Å²) in [6, 6.07) is 0.0576. The van der Waals surface area contributed by atoms with E-state index in [2.05, 4.69) is 13.8 Å². The number of hydrogen-bond acceptors (Lipinski definition) is 3. The van der Waals surface area contributed by atoms with Crippen LogP contribution in [0.4, 0.5) is 0 Å². The maximum Gasteiger partial charge on any atom is 0.167 e. The molecule has 1 rings (SSSR count). The predicted octanol–water partition coefficient (Wildman–Crippen LogP) is 2.08. The van der Waals surface area contributed by atoms with Gasteiger partial charge in [0.2, 0.25) is 0 Å². The quantitative estimate of drug-likeness (QED) is 0.769. The van der Waals surface area contributed by atoms with Crippen molar-refractivity contribution in [1.29, 1.82) is 0 Å². The van der Waals surface area contributed by atoms with Gasteiger partial charge in [0.1, 0.15) is 0 Å². The highest BCUT2D eigenvalue weighted by molar-refractivity contribution is 5.99. The zero-order valence-corrected chi connectivity index (χ0v) is 11.0. The summed E-state index contributed by atoms with van der Waals surface area (Å²) < 4.78 is 5.51. The molecule has 0 aromatic rings. The lowest BCUT2D eigenvalue weighted by Crippen LogP contribution is -2.29. The highest BCUT2D eigenvalue weighted by Crippen LogP contribution is 2.14. The van der Waals surface area contributed by atoms with E-state index in [0.29, 0.717) is 19.1 Å². The number of ketones is 1. The van der Waals surface area contributed by atoms with Crippen molar-refractivity contribution in [2.75, 3.05) is 13.2 Å². The molecule has 3 nitrogen and oxygen atoms in total. The molecule has 1 aliphatic carbocycles. The first-order valence-electron chi connectivity index (χ1n) is 6.25. The van der Waals surface area contributed by atoms with Crippen LogP contribution in [0.5, 0.6) is 0 Å². The summed E-state index contributed by atoms with van der Waals surface area (Å²) in [5, 5.41) is 0. The van der Waals surface area contributed by atoms with Crippen molar-refractivity contribution in [1.82, 2.24) is 0 Å². The van der Waals surface area contributed by atoms with Gasteiger partial charge in [-0.3, -0.25) is 4.79 Å². The molecule has 0 unspecified atom stereocenters. The molecule has 0 aromatic carbocycles. The summed E-state index contributed by atoms with van der Waals surface area (Å²) in [6.45, 7) is 7.07.